The average molecular weight is 167 g/mol. The number of hydrogen-bond acceptors (Lipinski definition) is 2. The lowest BCUT2D eigenvalue weighted by molar-refractivity contribution is -0.139. The average Bonchev–Trinajstić information content (AvgIpc) is 2.51. The predicted molar refractivity (Wildman–Crippen MR) is 45.8 cm³/mol. The van der Waals surface area contributed by atoms with Gasteiger partial charge < -0.3 is 9.30 Å². The number of ether oxygens (including phenoxy) is 1. The van der Waals surface area contributed by atoms with E-state index in [4.69, 9.17) is 0 Å². The maximum absolute atomic E-state index is 10.9. The molecule has 1 aromatic rings. The number of esters is 1. The molecule has 0 N–H and O–H groups in total. The predicted octanol–water partition coefficient (Wildman–Crippen LogP) is 1.22. The first-order valence-corrected chi connectivity index (χ1v) is 3.98. The second kappa shape index (κ2) is 3.95. The number of carbonyl (C=O) groups is 1. The zero-order chi connectivity index (χ0) is 8.97. The zero-order valence-corrected chi connectivity index (χ0v) is 7.41. The van der Waals surface area contributed by atoms with E-state index in [1.807, 2.05) is 29.8 Å². The number of hydrogen-bond donors (Lipinski definition) is 0. The van der Waals surface area contributed by atoms with Gasteiger partial charge in [-0.15, -0.1) is 0 Å². The highest BCUT2D eigenvalue weighted by Crippen LogP contribution is 2.03. The molecule has 0 amide bonds. The molecule has 0 unspecified atom stereocenters. The molecule has 1 rings (SSSR count). The summed E-state index contributed by atoms with van der Waals surface area (Å²) in [7, 11) is 1.40. The topological polar surface area (TPSA) is 31.2 Å². The van der Waals surface area contributed by atoms with Crippen LogP contribution in [0.2, 0.25) is 0 Å². The van der Waals surface area contributed by atoms with Crippen LogP contribution in [0.5, 0.6) is 0 Å². The second-order valence-corrected chi connectivity index (χ2v) is 2.54. The highest BCUT2D eigenvalue weighted by Gasteiger charge is 2.05. The molecular weight excluding hydrogens is 154 g/mol. The monoisotopic (exact) mass is 167 g/mol. The Kier molecular flexibility index (Phi) is 2.91. The van der Waals surface area contributed by atoms with Crippen LogP contribution in [-0.4, -0.2) is 17.6 Å². The van der Waals surface area contributed by atoms with Crippen molar-refractivity contribution in [2.75, 3.05) is 7.11 Å². The van der Waals surface area contributed by atoms with Crippen LogP contribution in [0.3, 0.4) is 0 Å². The minimum absolute atomic E-state index is 0.191. The SMILES string of the molecule is CCn1cccc1CC(=O)OC. The maximum atomic E-state index is 10.9. The van der Waals surface area contributed by atoms with Crippen molar-refractivity contribution in [3.63, 3.8) is 0 Å². The summed E-state index contributed by atoms with van der Waals surface area (Å²) in [5.41, 5.74) is 1.00. The van der Waals surface area contributed by atoms with Gasteiger partial charge in [0, 0.05) is 18.4 Å². The summed E-state index contributed by atoms with van der Waals surface area (Å²) in [5.74, 6) is -0.191. The van der Waals surface area contributed by atoms with E-state index in [0.717, 1.165) is 12.2 Å². The third kappa shape index (κ3) is 1.87. The fourth-order valence-electron chi connectivity index (χ4n) is 1.14. The van der Waals surface area contributed by atoms with Gasteiger partial charge in [-0.3, -0.25) is 4.79 Å². The first-order chi connectivity index (χ1) is 5.77. The first kappa shape index (κ1) is 8.84. The fraction of sp³-hybridized carbons (Fsp3) is 0.444. The van der Waals surface area contributed by atoms with Crippen LogP contribution in [0.25, 0.3) is 0 Å². The molecule has 1 aromatic heterocycles. The molecule has 0 bridgehead atoms. The molecule has 0 spiro atoms. The van der Waals surface area contributed by atoms with Crippen molar-refractivity contribution in [2.24, 2.45) is 0 Å². The summed E-state index contributed by atoms with van der Waals surface area (Å²) in [6.45, 7) is 2.93. The summed E-state index contributed by atoms with van der Waals surface area (Å²) >= 11 is 0. The van der Waals surface area contributed by atoms with Gasteiger partial charge in [-0.05, 0) is 19.1 Å². The number of aryl methyl sites for hydroxylation is 1. The van der Waals surface area contributed by atoms with Crippen LogP contribution in [-0.2, 0) is 22.5 Å². The van der Waals surface area contributed by atoms with Crippen LogP contribution in [0.1, 0.15) is 12.6 Å². The van der Waals surface area contributed by atoms with Crippen LogP contribution in [0.4, 0.5) is 0 Å². The molecule has 0 saturated heterocycles. The van der Waals surface area contributed by atoms with Crippen LogP contribution in [0.15, 0.2) is 18.3 Å². The molecule has 3 heteroatoms. The van der Waals surface area contributed by atoms with Gasteiger partial charge in [0.25, 0.3) is 0 Å². The molecule has 0 aliphatic rings. The Morgan fingerprint density at radius 1 is 1.67 bits per heavy atom. The number of carbonyl (C=O) groups excluding carboxylic acids is 1. The molecule has 0 saturated carbocycles. The van der Waals surface area contributed by atoms with Gasteiger partial charge in [-0.1, -0.05) is 0 Å². The van der Waals surface area contributed by atoms with E-state index >= 15 is 0 Å². The first-order valence-electron chi connectivity index (χ1n) is 3.98. The normalized spacial score (nSPS) is 9.83. The Morgan fingerprint density at radius 3 is 3.00 bits per heavy atom. The summed E-state index contributed by atoms with van der Waals surface area (Å²) in [6.07, 6.45) is 2.32. The minimum Gasteiger partial charge on any atom is -0.469 e. The van der Waals surface area contributed by atoms with Crippen molar-refractivity contribution in [3.8, 4) is 0 Å². The molecule has 0 radical (unpaired) electrons. The Balaban J connectivity index is 2.68. The lowest BCUT2D eigenvalue weighted by Crippen LogP contribution is -2.08. The number of aromatic nitrogens is 1. The summed E-state index contributed by atoms with van der Waals surface area (Å²) < 4.78 is 6.60. The molecule has 3 nitrogen and oxygen atoms in total. The number of methoxy groups -OCH3 is 1. The van der Waals surface area contributed by atoms with Crippen molar-refractivity contribution in [2.45, 2.75) is 19.9 Å². The molecule has 12 heavy (non-hydrogen) atoms. The van der Waals surface area contributed by atoms with Crippen LogP contribution in [0, 0.1) is 0 Å². The summed E-state index contributed by atoms with van der Waals surface area (Å²) in [6, 6.07) is 3.86. The molecule has 0 fully saturated rings. The van der Waals surface area contributed by atoms with Gasteiger partial charge in [0.15, 0.2) is 0 Å². The van der Waals surface area contributed by atoms with Gasteiger partial charge in [0.05, 0.1) is 13.5 Å². The highest BCUT2D eigenvalue weighted by atomic mass is 16.5. The molecule has 0 atom stereocenters. The Labute approximate surface area is 72.0 Å². The van der Waals surface area contributed by atoms with Crippen molar-refractivity contribution in [3.05, 3.63) is 24.0 Å². The minimum atomic E-state index is -0.191. The lowest BCUT2D eigenvalue weighted by atomic mass is 10.3. The van der Waals surface area contributed by atoms with Crippen molar-refractivity contribution in [1.29, 1.82) is 0 Å². The van der Waals surface area contributed by atoms with Crippen molar-refractivity contribution >= 4 is 5.97 Å². The van der Waals surface area contributed by atoms with Gasteiger partial charge in [-0.25, -0.2) is 0 Å². The van der Waals surface area contributed by atoms with Crippen molar-refractivity contribution < 1.29 is 9.53 Å². The molecule has 0 aliphatic heterocycles. The molecule has 0 aliphatic carbocycles. The molecule has 66 valence electrons. The zero-order valence-electron chi connectivity index (χ0n) is 7.41. The van der Waals surface area contributed by atoms with E-state index < -0.39 is 0 Å². The van der Waals surface area contributed by atoms with Gasteiger partial charge >= 0.3 is 5.97 Å². The molecular formula is C9H13NO2. The summed E-state index contributed by atoms with van der Waals surface area (Å²) in [5, 5.41) is 0. The number of rotatable bonds is 3. The summed E-state index contributed by atoms with van der Waals surface area (Å²) in [4.78, 5) is 10.9. The Morgan fingerprint density at radius 2 is 2.42 bits per heavy atom. The second-order valence-electron chi connectivity index (χ2n) is 2.54. The smallest absolute Gasteiger partial charge is 0.311 e. The van der Waals surface area contributed by atoms with Gasteiger partial charge in [0.2, 0.25) is 0 Å². The van der Waals surface area contributed by atoms with Gasteiger partial charge in [0.1, 0.15) is 0 Å². The largest absolute Gasteiger partial charge is 0.469 e. The molecule has 1 heterocycles. The Hall–Kier alpha value is -1.25. The standard InChI is InChI=1S/C9H13NO2/c1-3-10-6-4-5-8(10)7-9(11)12-2/h4-6H,3,7H2,1-2H3. The van der Waals surface area contributed by atoms with Crippen LogP contribution >= 0.6 is 0 Å². The van der Waals surface area contributed by atoms with E-state index in [0.29, 0.717) is 6.42 Å². The number of nitrogens with zero attached hydrogens (tertiary/aromatic N) is 1. The van der Waals surface area contributed by atoms with E-state index in [2.05, 4.69) is 4.74 Å². The van der Waals surface area contributed by atoms with Crippen molar-refractivity contribution in [1.82, 2.24) is 4.57 Å². The van der Waals surface area contributed by atoms with E-state index in [1.54, 1.807) is 0 Å². The highest BCUT2D eigenvalue weighted by molar-refractivity contribution is 5.71. The third-order valence-corrected chi connectivity index (χ3v) is 1.82. The van der Waals surface area contributed by atoms with Crippen LogP contribution < -0.4 is 0 Å². The van der Waals surface area contributed by atoms with E-state index in [-0.39, 0.29) is 5.97 Å². The maximum Gasteiger partial charge on any atom is 0.311 e. The van der Waals surface area contributed by atoms with E-state index in [9.17, 15) is 4.79 Å². The third-order valence-electron chi connectivity index (χ3n) is 1.82. The van der Waals surface area contributed by atoms with Gasteiger partial charge in [-0.2, -0.15) is 0 Å². The fourth-order valence-corrected chi connectivity index (χ4v) is 1.14. The molecule has 0 aromatic carbocycles. The lowest BCUT2D eigenvalue weighted by Gasteiger charge is -2.04. The quantitative estimate of drug-likeness (QED) is 0.634. The van der Waals surface area contributed by atoms with E-state index in [1.165, 1.54) is 7.11 Å². The Bertz CT molecular complexity index is 265.